The van der Waals surface area contributed by atoms with Crippen molar-refractivity contribution in [3.8, 4) is 6.07 Å². The van der Waals surface area contributed by atoms with Crippen LogP contribution in [0.5, 0.6) is 0 Å². The lowest BCUT2D eigenvalue weighted by Crippen LogP contribution is -2.09. The van der Waals surface area contributed by atoms with E-state index in [1.54, 1.807) is 0 Å². The van der Waals surface area contributed by atoms with E-state index in [2.05, 4.69) is 12.5 Å². The normalized spacial score (nSPS) is 20.4. The van der Waals surface area contributed by atoms with Gasteiger partial charge >= 0.3 is 0 Å². The lowest BCUT2D eigenvalue weighted by atomic mass is 9.84. The third-order valence-electron chi connectivity index (χ3n) is 1.38. The number of nitriles is 1. The third kappa shape index (κ3) is 0.928. The molecule has 0 atom stereocenters. The van der Waals surface area contributed by atoms with E-state index < -0.39 is 0 Å². The summed E-state index contributed by atoms with van der Waals surface area (Å²) in [6.07, 6.45) is 5.33. The molecule has 0 unspecified atom stereocenters. The number of hydrogen-bond acceptors (Lipinski definition) is 1. The van der Waals surface area contributed by atoms with Crippen molar-refractivity contribution in [1.29, 1.82) is 5.26 Å². The summed E-state index contributed by atoms with van der Waals surface area (Å²) in [7, 11) is 0. The molecule has 0 aromatic rings. The van der Waals surface area contributed by atoms with E-state index in [-0.39, 0.29) is 0 Å². The summed E-state index contributed by atoms with van der Waals surface area (Å²) in [5.41, 5.74) is 0. The fourth-order valence-electron chi connectivity index (χ4n) is 0.698. The van der Waals surface area contributed by atoms with E-state index in [4.69, 9.17) is 5.26 Å². The van der Waals surface area contributed by atoms with Crippen molar-refractivity contribution >= 4 is 0 Å². The maximum absolute atomic E-state index is 8.14. The Kier molecular flexibility index (Phi) is 1.31. The molecule has 1 nitrogen and oxygen atoms in total. The first-order valence-corrected chi connectivity index (χ1v) is 2.62. The summed E-state index contributed by atoms with van der Waals surface area (Å²) >= 11 is 0. The van der Waals surface area contributed by atoms with Gasteiger partial charge < -0.3 is 0 Å². The van der Waals surface area contributed by atoms with Crippen LogP contribution in [0.3, 0.4) is 0 Å². The molecule has 37 valence electrons. The maximum Gasteiger partial charge on any atom is 0.0624 e. The average Bonchev–Trinajstić information content (AvgIpc) is 1.55. The van der Waals surface area contributed by atoms with Crippen molar-refractivity contribution < 1.29 is 0 Å². The summed E-state index contributed by atoms with van der Waals surface area (Å²) in [6.45, 7) is 0. The average molecular weight is 94.1 g/mol. The van der Waals surface area contributed by atoms with Crippen LogP contribution < -0.4 is 0 Å². The van der Waals surface area contributed by atoms with Gasteiger partial charge in [-0.2, -0.15) is 5.26 Å². The van der Waals surface area contributed by atoms with Crippen molar-refractivity contribution in [3.63, 3.8) is 0 Å². The second-order valence-electron chi connectivity index (χ2n) is 1.99. The lowest BCUT2D eigenvalue weighted by Gasteiger charge is -2.21. The van der Waals surface area contributed by atoms with Gasteiger partial charge in [0.15, 0.2) is 0 Å². The molecule has 7 heavy (non-hydrogen) atoms. The van der Waals surface area contributed by atoms with E-state index in [0.29, 0.717) is 5.92 Å². The molecular formula is C6H8N. The van der Waals surface area contributed by atoms with Crippen LogP contribution in [0, 0.1) is 23.7 Å². The van der Waals surface area contributed by atoms with Crippen LogP contribution in [-0.4, -0.2) is 0 Å². The zero-order valence-corrected chi connectivity index (χ0v) is 4.22. The monoisotopic (exact) mass is 94.1 g/mol. The summed E-state index contributed by atoms with van der Waals surface area (Å²) in [5, 5.41) is 8.14. The molecule has 0 aliphatic heterocycles. The molecule has 1 radical (unpaired) electrons. The van der Waals surface area contributed by atoms with Crippen molar-refractivity contribution in [2.75, 3.05) is 0 Å². The quantitative estimate of drug-likeness (QED) is 0.483. The van der Waals surface area contributed by atoms with Crippen LogP contribution in [0.2, 0.25) is 0 Å². The predicted molar refractivity (Wildman–Crippen MR) is 27.3 cm³/mol. The van der Waals surface area contributed by atoms with Crippen molar-refractivity contribution in [2.45, 2.75) is 19.3 Å². The Morgan fingerprint density at radius 1 is 1.71 bits per heavy atom. The topological polar surface area (TPSA) is 23.8 Å². The molecule has 0 heterocycles. The van der Waals surface area contributed by atoms with E-state index in [9.17, 15) is 0 Å². The van der Waals surface area contributed by atoms with E-state index >= 15 is 0 Å². The minimum absolute atomic E-state index is 0.713. The highest BCUT2D eigenvalue weighted by Crippen LogP contribution is 2.27. The van der Waals surface area contributed by atoms with Gasteiger partial charge in [0.05, 0.1) is 6.07 Å². The molecule has 1 fully saturated rings. The second-order valence-corrected chi connectivity index (χ2v) is 1.99. The third-order valence-corrected chi connectivity index (χ3v) is 1.38. The van der Waals surface area contributed by atoms with Gasteiger partial charge in [0.1, 0.15) is 0 Å². The largest absolute Gasteiger partial charge is 0.198 e. The van der Waals surface area contributed by atoms with Crippen molar-refractivity contribution in [1.82, 2.24) is 0 Å². The highest BCUT2D eigenvalue weighted by molar-refractivity contribution is 4.90. The molecular weight excluding hydrogens is 86.1 g/mol. The number of hydrogen-bond donors (Lipinski definition) is 0. The van der Waals surface area contributed by atoms with Crippen LogP contribution in [0.15, 0.2) is 0 Å². The van der Waals surface area contributed by atoms with Gasteiger partial charge in [-0.3, -0.25) is 0 Å². The van der Waals surface area contributed by atoms with Crippen LogP contribution in [0.1, 0.15) is 19.3 Å². The fourth-order valence-corrected chi connectivity index (χ4v) is 0.698. The summed E-state index contributed by atoms with van der Waals surface area (Å²) in [5.74, 6) is 0.713. The fraction of sp³-hybridized carbons (Fsp3) is 0.667. The van der Waals surface area contributed by atoms with Gasteiger partial charge in [-0.15, -0.1) is 0 Å². The molecule has 0 aromatic carbocycles. The standard InChI is InChI=1S/C6H8N/c7-5-4-6-2-1-3-6/h1,6H,2-4H2. The predicted octanol–water partition coefficient (Wildman–Crippen LogP) is 1.51. The van der Waals surface area contributed by atoms with Crippen LogP contribution in [0.4, 0.5) is 0 Å². The minimum Gasteiger partial charge on any atom is -0.198 e. The van der Waals surface area contributed by atoms with Gasteiger partial charge in [-0.05, 0) is 25.2 Å². The Morgan fingerprint density at radius 3 is 2.57 bits per heavy atom. The van der Waals surface area contributed by atoms with Crippen molar-refractivity contribution in [2.24, 2.45) is 5.92 Å². The first kappa shape index (κ1) is 4.64. The molecule has 0 saturated heterocycles. The van der Waals surface area contributed by atoms with Crippen LogP contribution >= 0.6 is 0 Å². The van der Waals surface area contributed by atoms with Gasteiger partial charge in [-0.25, -0.2) is 0 Å². The van der Waals surface area contributed by atoms with Crippen LogP contribution in [0.25, 0.3) is 0 Å². The second kappa shape index (κ2) is 1.97. The number of nitrogens with zero attached hydrogens (tertiary/aromatic N) is 1. The first-order valence-electron chi connectivity index (χ1n) is 2.62. The van der Waals surface area contributed by atoms with E-state index in [1.165, 1.54) is 12.8 Å². The van der Waals surface area contributed by atoms with Gasteiger partial charge in [-0.1, -0.05) is 0 Å². The maximum atomic E-state index is 8.14. The zero-order valence-electron chi connectivity index (χ0n) is 4.22. The Hall–Kier alpha value is -0.510. The lowest BCUT2D eigenvalue weighted by molar-refractivity contribution is 0.419. The Labute approximate surface area is 44.0 Å². The number of rotatable bonds is 1. The first-order chi connectivity index (χ1) is 3.43. The zero-order chi connectivity index (χ0) is 5.11. The Bertz CT molecular complexity index is 86.8. The SMILES string of the molecule is N#CCC1C[CH]C1. The Morgan fingerprint density at radius 2 is 2.43 bits per heavy atom. The molecule has 1 saturated carbocycles. The molecule has 0 spiro atoms. The summed E-state index contributed by atoms with van der Waals surface area (Å²) in [6, 6.07) is 2.15. The molecule has 0 aromatic heterocycles. The Balaban J connectivity index is 2.06. The van der Waals surface area contributed by atoms with Gasteiger partial charge in [0, 0.05) is 6.42 Å². The van der Waals surface area contributed by atoms with Gasteiger partial charge in [0.2, 0.25) is 0 Å². The van der Waals surface area contributed by atoms with E-state index in [1.807, 2.05) is 0 Å². The summed E-state index contributed by atoms with van der Waals surface area (Å²) < 4.78 is 0. The van der Waals surface area contributed by atoms with Crippen LogP contribution in [-0.2, 0) is 0 Å². The molecule has 0 bridgehead atoms. The highest BCUT2D eigenvalue weighted by Gasteiger charge is 2.15. The molecule has 0 amide bonds. The van der Waals surface area contributed by atoms with Crippen molar-refractivity contribution in [3.05, 3.63) is 6.42 Å². The molecule has 1 aliphatic rings. The summed E-state index contributed by atoms with van der Waals surface area (Å²) in [4.78, 5) is 0. The minimum atomic E-state index is 0.713. The molecule has 1 rings (SSSR count). The van der Waals surface area contributed by atoms with Gasteiger partial charge in [0.25, 0.3) is 0 Å². The smallest absolute Gasteiger partial charge is 0.0624 e. The highest BCUT2D eigenvalue weighted by atomic mass is 14.3. The van der Waals surface area contributed by atoms with E-state index in [0.717, 1.165) is 6.42 Å². The molecule has 0 N–H and O–H groups in total. The molecule has 1 aliphatic carbocycles. The molecule has 1 heteroatoms.